The molecule has 0 radical (unpaired) electrons. The van der Waals surface area contributed by atoms with Gasteiger partial charge in [0.15, 0.2) is 5.69 Å². The normalized spacial score (nSPS) is 17.9. The zero-order valence-corrected chi connectivity index (χ0v) is 18.0. The van der Waals surface area contributed by atoms with Gasteiger partial charge in [-0.1, -0.05) is 17.4 Å². The SMILES string of the molecule is CN=C(/C(=C\N)NC(=O)c1nc(-c2c(F)cccc2F)sc1N)N1CCNC(C(F)(F)F)C1. The van der Waals surface area contributed by atoms with E-state index >= 15 is 0 Å². The van der Waals surface area contributed by atoms with Gasteiger partial charge in [0.25, 0.3) is 5.91 Å². The second-order valence-corrected chi connectivity index (χ2v) is 7.94. The molecule has 3 rings (SSSR count). The Hall–Kier alpha value is -3.26. The number of anilines is 1. The number of halogens is 5. The van der Waals surface area contributed by atoms with Crippen LogP contribution in [0.1, 0.15) is 10.5 Å². The molecular weight excluding hydrogens is 469 g/mol. The molecule has 2 heterocycles. The van der Waals surface area contributed by atoms with Gasteiger partial charge in [0.05, 0.1) is 11.3 Å². The Bertz CT molecular complexity index is 1080. The largest absolute Gasteiger partial charge is 0.405 e. The molecule has 6 N–H and O–H groups in total. The molecule has 1 unspecified atom stereocenters. The molecule has 1 saturated heterocycles. The number of aliphatic imine (C=N–C) groups is 1. The first-order valence-corrected chi connectivity index (χ1v) is 10.3. The number of carbonyl (C=O) groups excluding carboxylic acids is 1. The minimum Gasteiger partial charge on any atom is -0.403 e. The third-order valence-electron chi connectivity index (χ3n) is 4.78. The molecule has 178 valence electrons. The van der Waals surface area contributed by atoms with Crippen molar-refractivity contribution in [1.82, 2.24) is 20.5 Å². The fourth-order valence-corrected chi connectivity index (χ4v) is 4.13. The molecule has 0 bridgehead atoms. The Labute approximate surface area is 189 Å². The van der Waals surface area contributed by atoms with E-state index in [4.69, 9.17) is 11.5 Å². The summed E-state index contributed by atoms with van der Waals surface area (Å²) in [6.07, 6.45) is -3.49. The van der Waals surface area contributed by atoms with Crippen molar-refractivity contribution in [2.75, 3.05) is 32.4 Å². The minimum absolute atomic E-state index is 0.0239. The van der Waals surface area contributed by atoms with Crippen molar-refractivity contribution in [3.63, 3.8) is 0 Å². The van der Waals surface area contributed by atoms with Gasteiger partial charge in [-0.2, -0.15) is 13.2 Å². The Morgan fingerprint density at radius 3 is 2.61 bits per heavy atom. The second kappa shape index (κ2) is 9.70. The molecule has 0 aliphatic carbocycles. The van der Waals surface area contributed by atoms with Crippen molar-refractivity contribution in [2.45, 2.75) is 12.2 Å². The third-order valence-corrected chi connectivity index (χ3v) is 5.68. The highest BCUT2D eigenvalue weighted by Gasteiger charge is 2.42. The predicted molar refractivity (Wildman–Crippen MR) is 114 cm³/mol. The topological polar surface area (TPSA) is 122 Å². The van der Waals surface area contributed by atoms with Gasteiger partial charge in [-0.25, -0.2) is 13.8 Å². The Morgan fingerprint density at radius 2 is 2.03 bits per heavy atom. The van der Waals surface area contributed by atoms with Crippen molar-refractivity contribution in [1.29, 1.82) is 0 Å². The van der Waals surface area contributed by atoms with E-state index < -0.39 is 41.9 Å². The summed E-state index contributed by atoms with van der Waals surface area (Å²) in [6.45, 7) is -0.230. The molecule has 0 spiro atoms. The number of hydrogen-bond acceptors (Lipinski definition) is 7. The summed E-state index contributed by atoms with van der Waals surface area (Å²) in [5, 5.41) is 4.54. The lowest BCUT2D eigenvalue weighted by molar-refractivity contribution is -0.161. The number of thiazole rings is 1. The van der Waals surface area contributed by atoms with Gasteiger partial charge in [0.2, 0.25) is 0 Å². The molecule has 1 atom stereocenters. The standard InChI is InChI=1S/C19H20F5N7OS/c1-27-16(31-6-5-28-12(8-31)19(22,23)24)11(7-25)29-17(32)14-15(26)33-18(30-14)13-9(20)3-2-4-10(13)21/h2-4,7,12,28H,5-6,8,25-26H2,1H3,(H,29,32)/b11-7+,27-16?. The van der Waals surface area contributed by atoms with Crippen LogP contribution in [0, 0.1) is 11.6 Å². The highest BCUT2D eigenvalue weighted by atomic mass is 32.1. The maximum Gasteiger partial charge on any atom is 0.405 e. The quantitative estimate of drug-likeness (QED) is 0.296. The minimum atomic E-state index is -4.47. The summed E-state index contributed by atoms with van der Waals surface area (Å²) in [5.41, 5.74) is 10.6. The van der Waals surface area contributed by atoms with Crippen LogP contribution in [0.4, 0.5) is 27.0 Å². The lowest BCUT2D eigenvalue weighted by Crippen LogP contribution is -2.59. The van der Waals surface area contributed by atoms with E-state index in [1.165, 1.54) is 18.0 Å². The molecule has 0 saturated carbocycles. The summed E-state index contributed by atoms with van der Waals surface area (Å²) in [6, 6.07) is 1.47. The van der Waals surface area contributed by atoms with Gasteiger partial charge >= 0.3 is 6.18 Å². The molecule has 1 aliphatic rings. The maximum absolute atomic E-state index is 14.1. The number of amides is 1. The average Bonchev–Trinajstić information content (AvgIpc) is 3.14. The highest BCUT2D eigenvalue weighted by molar-refractivity contribution is 7.19. The molecule has 1 amide bonds. The van der Waals surface area contributed by atoms with E-state index in [1.54, 1.807) is 0 Å². The van der Waals surface area contributed by atoms with Gasteiger partial charge < -0.3 is 27.0 Å². The Morgan fingerprint density at radius 1 is 1.36 bits per heavy atom. The number of hydrogen-bond donors (Lipinski definition) is 4. The van der Waals surface area contributed by atoms with Crippen LogP contribution < -0.4 is 22.1 Å². The Balaban J connectivity index is 1.82. The van der Waals surface area contributed by atoms with Gasteiger partial charge in [0.1, 0.15) is 33.5 Å². The van der Waals surface area contributed by atoms with E-state index in [9.17, 15) is 26.7 Å². The number of alkyl halides is 3. The van der Waals surface area contributed by atoms with Gasteiger partial charge in [-0.3, -0.25) is 9.79 Å². The summed E-state index contributed by atoms with van der Waals surface area (Å²) in [5.74, 6) is -2.60. The first-order valence-electron chi connectivity index (χ1n) is 9.53. The number of nitrogens with two attached hydrogens (primary N) is 2. The van der Waals surface area contributed by atoms with Crippen LogP contribution in [0.15, 0.2) is 35.1 Å². The number of amidine groups is 1. The van der Waals surface area contributed by atoms with Crippen LogP contribution in [0.3, 0.4) is 0 Å². The van der Waals surface area contributed by atoms with Crippen LogP contribution in [-0.2, 0) is 0 Å². The molecule has 1 aromatic carbocycles. The highest BCUT2D eigenvalue weighted by Crippen LogP contribution is 2.33. The molecular formula is C19H20F5N7OS. The van der Waals surface area contributed by atoms with E-state index in [2.05, 4.69) is 20.6 Å². The lowest BCUT2D eigenvalue weighted by atomic mass is 10.2. The van der Waals surface area contributed by atoms with E-state index in [1.807, 2.05) is 0 Å². The number of nitrogens with zero attached hydrogens (tertiary/aromatic N) is 3. The van der Waals surface area contributed by atoms with Gasteiger partial charge in [-0.15, -0.1) is 0 Å². The van der Waals surface area contributed by atoms with Crippen LogP contribution in [0.2, 0.25) is 0 Å². The number of rotatable bonds is 4. The van der Waals surface area contributed by atoms with E-state index in [0.717, 1.165) is 18.3 Å². The predicted octanol–water partition coefficient (Wildman–Crippen LogP) is 2.06. The zero-order valence-electron chi connectivity index (χ0n) is 17.2. The summed E-state index contributed by atoms with van der Waals surface area (Å²) >= 11 is 0.705. The number of carbonyl (C=O) groups is 1. The van der Waals surface area contributed by atoms with Crippen LogP contribution >= 0.6 is 11.3 Å². The molecule has 8 nitrogen and oxygen atoms in total. The molecule has 14 heteroatoms. The summed E-state index contributed by atoms with van der Waals surface area (Å²) in [7, 11) is 1.34. The summed E-state index contributed by atoms with van der Waals surface area (Å²) < 4.78 is 67.5. The van der Waals surface area contributed by atoms with Crippen LogP contribution in [-0.4, -0.2) is 60.5 Å². The number of benzene rings is 1. The third kappa shape index (κ3) is 5.22. The van der Waals surface area contributed by atoms with Crippen LogP contribution in [0.5, 0.6) is 0 Å². The zero-order chi connectivity index (χ0) is 24.3. The fourth-order valence-electron chi connectivity index (χ4n) is 3.25. The second-order valence-electron chi connectivity index (χ2n) is 6.90. The smallest absolute Gasteiger partial charge is 0.403 e. The van der Waals surface area contributed by atoms with E-state index in [-0.39, 0.29) is 40.3 Å². The number of aromatic nitrogens is 1. The molecule has 1 aromatic heterocycles. The number of nitrogens with one attached hydrogen (secondary N) is 2. The fraction of sp³-hybridized carbons (Fsp3) is 0.316. The van der Waals surface area contributed by atoms with E-state index in [0.29, 0.717) is 11.3 Å². The summed E-state index contributed by atoms with van der Waals surface area (Å²) in [4.78, 5) is 22.0. The van der Waals surface area contributed by atoms with Crippen molar-refractivity contribution >= 4 is 28.1 Å². The monoisotopic (exact) mass is 489 g/mol. The Kier molecular flexibility index (Phi) is 7.17. The number of piperazine rings is 1. The maximum atomic E-state index is 14.1. The molecule has 1 aliphatic heterocycles. The van der Waals surface area contributed by atoms with Gasteiger partial charge in [0, 0.05) is 32.9 Å². The first-order chi connectivity index (χ1) is 15.6. The molecule has 33 heavy (non-hydrogen) atoms. The van der Waals surface area contributed by atoms with Crippen molar-refractivity contribution in [2.24, 2.45) is 10.7 Å². The first kappa shape index (κ1) is 24.4. The molecule has 1 fully saturated rings. The van der Waals surface area contributed by atoms with Gasteiger partial charge in [-0.05, 0) is 12.1 Å². The molecule has 2 aromatic rings. The van der Waals surface area contributed by atoms with Crippen molar-refractivity contribution in [3.05, 3.63) is 47.4 Å². The van der Waals surface area contributed by atoms with Crippen molar-refractivity contribution < 1.29 is 26.7 Å². The lowest BCUT2D eigenvalue weighted by Gasteiger charge is -2.36. The van der Waals surface area contributed by atoms with Crippen molar-refractivity contribution in [3.8, 4) is 10.6 Å². The van der Waals surface area contributed by atoms with Crippen LogP contribution in [0.25, 0.3) is 10.6 Å². The number of nitrogen functional groups attached to an aromatic ring is 1. The average molecular weight is 489 g/mol.